The Hall–Kier alpha value is -1.94. The number of hydrogen-bond donors (Lipinski definition) is 1. The van der Waals surface area contributed by atoms with Gasteiger partial charge in [-0.25, -0.2) is 4.98 Å². The van der Waals surface area contributed by atoms with Gasteiger partial charge < -0.3 is 10.0 Å². The van der Waals surface area contributed by atoms with Gasteiger partial charge in [-0.2, -0.15) is 0 Å². The van der Waals surface area contributed by atoms with Crippen LogP contribution in [0.5, 0.6) is 0 Å². The second-order valence-corrected chi connectivity index (χ2v) is 4.37. The molecule has 1 N–H and O–H groups in total. The number of rotatable bonds is 4. The van der Waals surface area contributed by atoms with Gasteiger partial charge in [0.05, 0.1) is 24.7 Å². The third-order valence-electron chi connectivity index (χ3n) is 2.75. The summed E-state index contributed by atoms with van der Waals surface area (Å²) >= 11 is 0. The van der Waals surface area contributed by atoms with Crippen molar-refractivity contribution < 1.29 is 5.11 Å². The van der Waals surface area contributed by atoms with E-state index >= 15 is 0 Å². The fourth-order valence-corrected chi connectivity index (χ4v) is 1.79. The molecule has 0 saturated heterocycles. The summed E-state index contributed by atoms with van der Waals surface area (Å²) in [5, 5.41) is 8.92. The molecule has 1 heterocycles. The lowest BCUT2D eigenvalue weighted by molar-refractivity contribution is 0.276. The first-order valence-electron chi connectivity index (χ1n) is 5.87. The molecule has 2 rings (SSSR count). The monoisotopic (exact) mass is 243 g/mol. The van der Waals surface area contributed by atoms with Gasteiger partial charge in [-0.05, 0) is 12.5 Å². The molecular formula is C14H17N3O. The van der Waals surface area contributed by atoms with Crippen molar-refractivity contribution in [3.63, 3.8) is 0 Å². The predicted octanol–water partition coefficient (Wildman–Crippen LogP) is 1.91. The Labute approximate surface area is 107 Å². The van der Waals surface area contributed by atoms with Crippen LogP contribution in [0.25, 0.3) is 0 Å². The molecule has 0 fully saturated rings. The molecule has 18 heavy (non-hydrogen) atoms. The quantitative estimate of drug-likeness (QED) is 0.891. The molecule has 0 bridgehead atoms. The van der Waals surface area contributed by atoms with Crippen LogP contribution in [-0.4, -0.2) is 22.1 Å². The molecule has 2 aromatic rings. The first-order valence-corrected chi connectivity index (χ1v) is 5.87. The Bertz CT molecular complexity index is 511. The molecule has 4 heteroatoms. The van der Waals surface area contributed by atoms with Gasteiger partial charge in [0.25, 0.3) is 0 Å². The fourth-order valence-electron chi connectivity index (χ4n) is 1.79. The zero-order valence-electron chi connectivity index (χ0n) is 10.7. The van der Waals surface area contributed by atoms with Gasteiger partial charge in [-0.1, -0.05) is 29.8 Å². The number of aliphatic hydroxyl groups is 1. The summed E-state index contributed by atoms with van der Waals surface area (Å²) in [6, 6.07) is 8.39. The summed E-state index contributed by atoms with van der Waals surface area (Å²) in [4.78, 5) is 10.4. The van der Waals surface area contributed by atoms with Gasteiger partial charge >= 0.3 is 0 Å². The van der Waals surface area contributed by atoms with Crippen LogP contribution in [0.1, 0.15) is 16.8 Å². The summed E-state index contributed by atoms with van der Waals surface area (Å²) in [7, 11) is 1.98. The number of aliphatic hydroxyl groups excluding tert-OH is 1. The summed E-state index contributed by atoms with van der Waals surface area (Å²) in [6.45, 7) is 2.79. The maximum Gasteiger partial charge on any atom is 0.147 e. The van der Waals surface area contributed by atoms with Gasteiger partial charge in [0.15, 0.2) is 0 Å². The van der Waals surface area contributed by atoms with Crippen molar-refractivity contribution in [2.24, 2.45) is 0 Å². The summed E-state index contributed by atoms with van der Waals surface area (Å²) in [5.41, 5.74) is 3.08. The lowest BCUT2D eigenvalue weighted by Gasteiger charge is -2.18. The van der Waals surface area contributed by atoms with Crippen molar-refractivity contribution in [3.8, 4) is 0 Å². The number of benzene rings is 1. The highest BCUT2D eigenvalue weighted by Crippen LogP contribution is 2.12. The molecule has 1 aromatic carbocycles. The second-order valence-electron chi connectivity index (χ2n) is 4.37. The van der Waals surface area contributed by atoms with E-state index < -0.39 is 0 Å². The Morgan fingerprint density at radius 3 is 2.67 bits per heavy atom. The van der Waals surface area contributed by atoms with E-state index in [0.29, 0.717) is 5.69 Å². The van der Waals surface area contributed by atoms with E-state index in [0.717, 1.165) is 12.4 Å². The van der Waals surface area contributed by atoms with Crippen LogP contribution in [0.15, 0.2) is 36.7 Å². The van der Waals surface area contributed by atoms with Gasteiger partial charge in [-0.3, -0.25) is 4.98 Å². The molecule has 0 unspecified atom stereocenters. The topological polar surface area (TPSA) is 49.2 Å². The molecular weight excluding hydrogens is 226 g/mol. The zero-order chi connectivity index (χ0) is 13.0. The van der Waals surface area contributed by atoms with E-state index in [4.69, 9.17) is 5.11 Å². The lowest BCUT2D eigenvalue weighted by atomic mass is 10.1. The SMILES string of the molecule is Cc1cccc(CN(C)c2cnc(CO)cn2)c1. The number of hydrogen-bond acceptors (Lipinski definition) is 4. The average Bonchev–Trinajstić information content (AvgIpc) is 2.39. The van der Waals surface area contributed by atoms with Crippen molar-refractivity contribution in [2.45, 2.75) is 20.1 Å². The minimum Gasteiger partial charge on any atom is -0.390 e. The molecule has 0 aliphatic carbocycles. The fraction of sp³-hybridized carbons (Fsp3) is 0.286. The highest BCUT2D eigenvalue weighted by atomic mass is 16.3. The first-order chi connectivity index (χ1) is 8.69. The molecule has 0 aliphatic rings. The third kappa shape index (κ3) is 3.05. The molecule has 0 spiro atoms. The summed E-state index contributed by atoms with van der Waals surface area (Å²) in [6.07, 6.45) is 3.28. The maximum atomic E-state index is 8.92. The van der Waals surface area contributed by atoms with Gasteiger partial charge in [0, 0.05) is 13.6 Å². The molecule has 0 radical (unpaired) electrons. The standard InChI is InChI=1S/C14H17N3O/c1-11-4-3-5-12(6-11)9-17(2)14-8-15-13(10-18)7-16-14/h3-8,18H,9-10H2,1-2H3. The second kappa shape index (κ2) is 5.60. The number of aryl methyl sites for hydroxylation is 1. The van der Waals surface area contributed by atoms with Crippen LogP contribution in [0, 0.1) is 6.92 Å². The minimum absolute atomic E-state index is 0.0745. The average molecular weight is 243 g/mol. The normalized spacial score (nSPS) is 10.4. The van der Waals surface area contributed by atoms with Gasteiger partial charge in [-0.15, -0.1) is 0 Å². The van der Waals surface area contributed by atoms with Crippen LogP contribution >= 0.6 is 0 Å². The number of nitrogens with zero attached hydrogens (tertiary/aromatic N) is 3. The molecule has 0 atom stereocenters. The van der Waals surface area contributed by atoms with Crippen LogP contribution in [0.3, 0.4) is 0 Å². The van der Waals surface area contributed by atoms with Gasteiger partial charge in [0.2, 0.25) is 0 Å². The van der Waals surface area contributed by atoms with Crippen molar-refractivity contribution in [3.05, 3.63) is 53.5 Å². The van der Waals surface area contributed by atoms with E-state index in [2.05, 4.69) is 41.2 Å². The van der Waals surface area contributed by atoms with Crippen LogP contribution < -0.4 is 4.90 Å². The predicted molar refractivity (Wildman–Crippen MR) is 71.2 cm³/mol. The number of anilines is 1. The first kappa shape index (κ1) is 12.5. The van der Waals surface area contributed by atoms with E-state index in [9.17, 15) is 0 Å². The minimum atomic E-state index is -0.0745. The third-order valence-corrected chi connectivity index (χ3v) is 2.75. The van der Waals surface area contributed by atoms with Crippen LogP contribution in [0.2, 0.25) is 0 Å². The molecule has 0 aliphatic heterocycles. The largest absolute Gasteiger partial charge is 0.390 e. The Morgan fingerprint density at radius 1 is 1.22 bits per heavy atom. The molecule has 4 nitrogen and oxygen atoms in total. The Kier molecular flexibility index (Phi) is 3.89. The van der Waals surface area contributed by atoms with E-state index in [1.54, 1.807) is 12.4 Å². The summed E-state index contributed by atoms with van der Waals surface area (Å²) < 4.78 is 0. The van der Waals surface area contributed by atoms with Crippen molar-refractivity contribution >= 4 is 5.82 Å². The van der Waals surface area contributed by atoms with E-state index in [-0.39, 0.29) is 6.61 Å². The van der Waals surface area contributed by atoms with Crippen LogP contribution in [0.4, 0.5) is 5.82 Å². The van der Waals surface area contributed by atoms with Crippen molar-refractivity contribution in [1.29, 1.82) is 0 Å². The molecule has 1 aromatic heterocycles. The van der Waals surface area contributed by atoms with Crippen molar-refractivity contribution in [2.75, 3.05) is 11.9 Å². The smallest absolute Gasteiger partial charge is 0.147 e. The van der Waals surface area contributed by atoms with Crippen molar-refractivity contribution in [1.82, 2.24) is 9.97 Å². The maximum absolute atomic E-state index is 8.92. The zero-order valence-corrected chi connectivity index (χ0v) is 10.7. The van der Waals surface area contributed by atoms with E-state index in [1.165, 1.54) is 11.1 Å². The number of aromatic nitrogens is 2. The molecule has 94 valence electrons. The lowest BCUT2D eigenvalue weighted by Crippen LogP contribution is -2.18. The molecule has 0 amide bonds. The van der Waals surface area contributed by atoms with E-state index in [1.807, 2.05) is 11.9 Å². The van der Waals surface area contributed by atoms with Gasteiger partial charge in [0.1, 0.15) is 5.82 Å². The highest BCUT2D eigenvalue weighted by Gasteiger charge is 2.04. The van der Waals surface area contributed by atoms with Crippen LogP contribution in [-0.2, 0) is 13.2 Å². The Morgan fingerprint density at radius 2 is 2.06 bits per heavy atom. The Balaban J connectivity index is 2.09. The molecule has 0 saturated carbocycles. The summed E-state index contributed by atoms with van der Waals surface area (Å²) in [5.74, 6) is 0.800. The highest BCUT2D eigenvalue weighted by molar-refractivity contribution is 5.36.